The minimum atomic E-state index is -0.427. The summed E-state index contributed by atoms with van der Waals surface area (Å²) in [5.74, 6) is -0.427. The number of hydrogen-bond donors (Lipinski definition) is 0. The van der Waals surface area contributed by atoms with Gasteiger partial charge >= 0.3 is 5.69 Å². The molecule has 1 aliphatic rings. The molecule has 0 fully saturated rings. The van der Waals surface area contributed by atoms with Crippen LogP contribution in [0.15, 0.2) is 52.1 Å². The van der Waals surface area contributed by atoms with E-state index in [4.69, 9.17) is 11.6 Å². The van der Waals surface area contributed by atoms with Crippen molar-refractivity contribution >= 4 is 33.2 Å². The van der Waals surface area contributed by atoms with E-state index in [9.17, 15) is 14.0 Å². The van der Waals surface area contributed by atoms with Crippen LogP contribution in [0.25, 0.3) is 15.9 Å². The standard InChI is InChI=1S/C25H22ClFN2O2S/c1-2-15-7-11-18(12-8-15)29-23(30)22-19-5-3-4-6-21(19)32-24(22)28(25(29)31)14-16-9-10-17(27)13-20(16)26/h7-13H,2-6,14H2,1H3. The molecule has 1 aliphatic carbocycles. The van der Waals surface area contributed by atoms with E-state index in [2.05, 4.69) is 6.92 Å². The lowest BCUT2D eigenvalue weighted by Gasteiger charge is -2.14. The third-order valence-electron chi connectivity index (χ3n) is 6.18. The molecule has 32 heavy (non-hydrogen) atoms. The summed E-state index contributed by atoms with van der Waals surface area (Å²) in [4.78, 5) is 29.2. The van der Waals surface area contributed by atoms with Gasteiger partial charge in [0.05, 0.1) is 17.6 Å². The molecule has 0 bridgehead atoms. The van der Waals surface area contributed by atoms with Gasteiger partial charge in [0.2, 0.25) is 0 Å². The molecule has 0 spiro atoms. The van der Waals surface area contributed by atoms with E-state index in [1.54, 1.807) is 10.6 Å². The topological polar surface area (TPSA) is 44.0 Å². The first-order valence-corrected chi connectivity index (χ1v) is 12.0. The van der Waals surface area contributed by atoms with Gasteiger partial charge in [0.15, 0.2) is 0 Å². The average molecular weight is 469 g/mol. The maximum absolute atomic E-state index is 13.7. The Hall–Kier alpha value is -2.70. The van der Waals surface area contributed by atoms with Crippen molar-refractivity contribution in [1.29, 1.82) is 0 Å². The van der Waals surface area contributed by atoms with Crippen molar-refractivity contribution in [3.05, 3.63) is 95.7 Å². The van der Waals surface area contributed by atoms with Crippen LogP contribution in [-0.2, 0) is 25.8 Å². The lowest BCUT2D eigenvalue weighted by atomic mass is 9.97. The van der Waals surface area contributed by atoms with Crippen molar-refractivity contribution in [2.45, 2.75) is 45.6 Å². The molecular formula is C25H22ClFN2O2S. The summed E-state index contributed by atoms with van der Waals surface area (Å²) >= 11 is 7.81. The third-order valence-corrected chi connectivity index (χ3v) is 7.85. The molecule has 4 aromatic rings. The number of rotatable bonds is 4. The summed E-state index contributed by atoms with van der Waals surface area (Å²) in [5.41, 5.74) is 2.71. The Kier molecular flexibility index (Phi) is 5.51. The summed E-state index contributed by atoms with van der Waals surface area (Å²) in [6.07, 6.45) is 4.76. The van der Waals surface area contributed by atoms with Crippen molar-refractivity contribution in [2.24, 2.45) is 0 Å². The molecule has 0 unspecified atom stereocenters. The summed E-state index contributed by atoms with van der Waals surface area (Å²) in [5, 5.41) is 0.888. The van der Waals surface area contributed by atoms with Crippen molar-refractivity contribution in [1.82, 2.24) is 9.13 Å². The van der Waals surface area contributed by atoms with Gasteiger partial charge in [-0.05, 0) is 73.1 Å². The summed E-state index contributed by atoms with van der Waals surface area (Å²) < 4.78 is 16.5. The molecule has 0 aliphatic heterocycles. The highest BCUT2D eigenvalue weighted by Crippen LogP contribution is 2.34. The van der Waals surface area contributed by atoms with Crippen LogP contribution in [0.3, 0.4) is 0 Å². The maximum atomic E-state index is 13.7. The Morgan fingerprint density at radius 2 is 1.81 bits per heavy atom. The first-order chi connectivity index (χ1) is 15.5. The van der Waals surface area contributed by atoms with Gasteiger partial charge in [0.1, 0.15) is 10.6 Å². The maximum Gasteiger partial charge on any atom is 0.337 e. The molecule has 0 radical (unpaired) electrons. The van der Waals surface area contributed by atoms with E-state index in [-0.39, 0.29) is 17.1 Å². The van der Waals surface area contributed by atoms with Crippen LogP contribution in [-0.4, -0.2) is 9.13 Å². The Balaban J connectivity index is 1.80. The van der Waals surface area contributed by atoms with E-state index in [1.165, 1.54) is 32.9 Å². The van der Waals surface area contributed by atoms with Crippen LogP contribution >= 0.6 is 22.9 Å². The number of halogens is 2. The highest BCUT2D eigenvalue weighted by Gasteiger charge is 2.24. The Morgan fingerprint density at radius 1 is 1.06 bits per heavy atom. The largest absolute Gasteiger partial charge is 0.337 e. The quantitative estimate of drug-likeness (QED) is 0.397. The van der Waals surface area contributed by atoms with Crippen molar-refractivity contribution in [3.8, 4) is 5.69 Å². The van der Waals surface area contributed by atoms with E-state index < -0.39 is 11.5 Å². The molecule has 0 N–H and O–H groups in total. The zero-order valence-electron chi connectivity index (χ0n) is 17.7. The van der Waals surface area contributed by atoms with Crippen LogP contribution in [0.1, 0.15) is 41.3 Å². The number of nitrogens with zero attached hydrogens (tertiary/aromatic N) is 2. The molecule has 5 rings (SSSR count). The Bertz CT molecular complexity index is 1450. The van der Waals surface area contributed by atoms with Crippen molar-refractivity contribution < 1.29 is 4.39 Å². The van der Waals surface area contributed by atoms with Gasteiger partial charge in [-0.1, -0.05) is 36.7 Å². The molecule has 0 atom stereocenters. The van der Waals surface area contributed by atoms with Gasteiger partial charge < -0.3 is 0 Å². The molecule has 7 heteroatoms. The predicted octanol–water partition coefficient (Wildman–Crippen LogP) is 5.50. The molecule has 0 saturated carbocycles. The molecule has 164 valence electrons. The lowest BCUT2D eigenvalue weighted by Crippen LogP contribution is -2.39. The number of aromatic nitrogens is 2. The Morgan fingerprint density at radius 3 is 2.53 bits per heavy atom. The van der Waals surface area contributed by atoms with Gasteiger partial charge in [-0.25, -0.2) is 13.8 Å². The fourth-order valence-electron chi connectivity index (χ4n) is 4.44. The number of hydrogen-bond acceptors (Lipinski definition) is 3. The van der Waals surface area contributed by atoms with Crippen LogP contribution in [0.4, 0.5) is 4.39 Å². The van der Waals surface area contributed by atoms with E-state index >= 15 is 0 Å². The van der Waals surface area contributed by atoms with Gasteiger partial charge in [0.25, 0.3) is 5.56 Å². The smallest absolute Gasteiger partial charge is 0.279 e. The monoisotopic (exact) mass is 468 g/mol. The highest BCUT2D eigenvalue weighted by molar-refractivity contribution is 7.18. The molecule has 2 aromatic carbocycles. The van der Waals surface area contributed by atoms with E-state index in [0.29, 0.717) is 21.5 Å². The van der Waals surface area contributed by atoms with Crippen molar-refractivity contribution in [2.75, 3.05) is 0 Å². The van der Waals surface area contributed by atoms with Gasteiger partial charge in [-0.15, -0.1) is 11.3 Å². The van der Waals surface area contributed by atoms with Crippen molar-refractivity contribution in [3.63, 3.8) is 0 Å². The second-order valence-corrected chi connectivity index (χ2v) is 9.65. The normalized spacial score (nSPS) is 13.5. The molecular weight excluding hydrogens is 447 g/mol. The van der Waals surface area contributed by atoms with Crippen LogP contribution in [0.5, 0.6) is 0 Å². The number of aryl methyl sites for hydroxylation is 3. The average Bonchev–Trinajstić information content (AvgIpc) is 3.18. The molecule has 2 heterocycles. The second kappa shape index (κ2) is 8.34. The van der Waals surface area contributed by atoms with Crippen LogP contribution < -0.4 is 11.2 Å². The fraction of sp³-hybridized carbons (Fsp3) is 0.280. The minimum Gasteiger partial charge on any atom is -0.279 e. The minimum absolute atomic E-state index is 0.168. The van der Waals surface area contributed by atoms with Gasteiger partial charge in [-0.2, -0.15) is 0 Å². The molecule has 0 saturated heterocycles. The third kappa shape index (κ3) is 3.51. The first-order valence-electron chi connectivity index (χ1n) is 10.8. The number of thiophene rings is 1. The van der Waals surface area contributed by atoms with Gasteiger partial charge in [0, 0.05) is 9.90 Å². The first kappa shape index (κ1) is 21.2. The number of benzene rings is 2. The molecule has 4 nitrogen and oxygen atoms in total. The number of fused-ring (bicyclic) bond motifs is 3. The predicted molar refractivity (Wildman–Crippen MR) is 128 cm³/mol. The SMILES string of the molecule is CCc1ccc(-n2c(=O)c3c4c(sc3n(Cc3ccc(F)cc3Cl)c2=O)CCCC4)cc1. The van der Waals surface area contributed by atoms with Crippen LogP contribution in [0, 0.1) is 5.82 Å². The van der Waals surface area contributed by atoms with Gasteiger partial charge in [-0.3, -0.25) is 9.36 Å². The molecule has 2 aromatic heterocycles. The Labute approximate surface area is 193 Å². The zero-order valence-corrected chi connectivity index (χ0v) is 19.2. The van der Waals surface area contributed by atoms with E-state index in [0.717, 1.165) is 43.2 Å². The highest BCUT2D eigenvalue weighted by atomic mass is 35.5. The fourth-order valence-corrected chi connectivity index (χ4v) is 6.04. The van der Waals surface area contributed by atoms with E-state index in [1.807, 2.05) is 24.3 Å². The second-order valence-electron chi connectivity index (χ2n) is 8.16. The molecule has 0 amide bonds. The summed E-state index contributed by atoms with van der Waals surface area (Å²) in [6, 6.07) is 11.7. The summed E-state index contributed by atoms with van der Waals surface area (Å²) in [7, 11) is 0. The summed E-state index contributed by atoms with van der Waals surface area (Å²) in [6.45, 7) is 2.23. The lowest BCUT2D eigenvalue weighted by molar-refractivity contribution is 0.626. The van der Waals surface area contributed by atoms with Crippen LogP contribution in [0.2, 0.25) is 5.02 Å². The zero-order chi connectivity index (χ0) is 22.4.